The standard InChI is InChI=1S/C10H12BrN3.C4H4O4/c11-8-1-9(4-13-3-8)14-6-7-2-12-5-10(7)14;5-3(6)1-2-4(7)8/h1,3-4,7,10,12H,2,5-6H2;1-2H,(H,5,6)(H,7,8)/t7-,10-;/m0./s1. The van der Waals surface area contributed by atoms with Gasteiger partial charge < -0.3 is 20.4 Å². The Morgan fingerprint density at radius 3 is 2.50 bits per heavy atom. The summed E-state index contributed by atoms with van der Waals surface area (Å²) < 4.78 is 1.06. The van der Waals surface area contributed by atoms with Crippen molar-refractivity contribution in [1.29, 1.82) is 0 Å². The molecule has 0 radical (unpaired) electrons. The third-order valence-corrected chi connectivity index (χ3v) is 3.96. The first-order chi connectivity index (χ1) is 10.5. The fourth-order valence-electron chi connectivity index (χ4n) is 2.52. The van der Waals surface area contributed by atoms with Crippen LogP contribution in [0.5, 0.6) is 0 Å². The van der Waals surface area contributed by atoms with E-state index in [4.69, 9.17) is 10.2 Å². The molecule has 0 aliphatic carbocycles. The molecule has 8 heteroatoms. The van der Waals surface area contributed by atoms with Crippen LogP contribution in [0.4, 0.5) is 5.69 Å². The van der Waals surface area contributed by atoms with Gasteiger partial charge >= 0.3 is 11.9 Å². The molecule has 118 valence electrons. The zero-order chi connectivity index (χ0) is 16.1. The van der Waals surface area contributed by atoms with Gasteiger partial charge in [-0.1, -0.05) is 0 Å². The number of aliphatic carboxylic acids is 2. The number of fused-ring (bicyclic) bond motifs is 1. The van der Waals surface area contributed by atoms with Gasteiger partial charge in [-0.05, 0) is 22.0 Å². The maximum Gasteiger partial charge on any atom is 0.328 e. The van der Waals surface area contributed by atoms with Gasteiger partial charge in [-0.3, -0.25) is 4.98 Å². The monoisotopic (exact) mass is 369 g/mol. The summed E-state index contributed by atoms with van der Waals surface area (Å²) in [5.74, 6) is -1.66. The summed E-state index contributed by atoms with van der Waals surface area (Å²) in [5.41, 5.74) is 1.24. The highest BCUT2D eigenvalue weighted by Crippen LogP contribution is 2.33. The Labute approximate surface area is 135 Å². The predicted molar refractivity (Wildman–Crippen MR) is 83.8 cm³/mol. The molecule has 2 atom stereocenters. The molecule has 7 nitrogen and oxygen atoms in total. The summed E-state index contributed by atoms with van der Waals surface area (Å²) in [6.45, 7) is 3.48. The summed E-state index contributed by atoms with van der Waals surface area (Å²) in [5, 5.41) is 19.0. The second-order valence-electron chi connectivity index (χ2n) is 5.01. The minimum Gasteiger partial charge on any atom is -0.478 e. The fraction of sp³-hybridized carbons (Fsp3) is 0.357. The van der Waals surface area contributed by atoms with Crippen LogP contribution in [-0.4, -0.2) is 52.8 Å². The number of carbonyl (C=O) groups is 2. The van der Waals surface area contributed by atoms with Gasteiger partial charge in [0.2, 0.25) is 0 Å². The number of hydrogen-bond acceptors (Lipinski definition) is 5. The Bertz CT molecular complexity index is 577. The molecule has 2 aliphatic rings. The molecule has 3 heterocycles. The van der Waals surface area contributed by atoms with E-state index in [0.29, 0.717) is 18.2 Å². The van der Waals surface area contributed by atoms with E-state index in [1.807, 2.05) is 12.4 Å². The maximum atomic E-state index is 9.55. The Hall–Kier alpha value is -1.93. The predicted octanol–water partition coefficient (Wildman–Crippen LogP) is 0.964. The first kappa shape index (κ1) is 16.4. The Balaban J connectivity index is 0.000000192. The van der Waals surface area contributed by atoms with Crippen molar-refractivity contribution < 1.29 is 19.8 Å². The molecule has 0 aromatic carbocycles. The van der Waals surface area contributed by atoms with Crippen LogP contribution in [0.15, 0.2) is 35.1 Å². The van der Waals surface area contributed by atoms with E-state index in [0.717, 1.165) is 16.9 Å². The third kappa shape index (κ3) is 4.28. The van der Waals surface area contributed by atoms with Crippen molar-refractivity contribution >= 4 is 33.6 Å². The van der Waals surface area contributed by atoms with E-state index in [1.165, 1.54) is 18.8 Å². The zero-order valence-corrected chi connectivity index (χ0v) is 13.2. The largest absolute Gasteiger partial charge is 0.478 e. The van der Waals surface area contributed by atoms with Crippen LogP contribution in [0.3, 0.4) is 0 Å². The van der Waals surface area contributed by atoms with Crippen molar-refractivity contribution in [2.24, 2.45) is 5.92 Å². The summed E-state index contributed by atoms with van der Waals surface area (Å²) >= 11 is 3.45. The number of hydrogen-bond donors (Lipinski definition) is 3. The molecule has 3 N–H and O–H groups in total. The molecule has 3 rings (SSSR count). The second-order valence-corrected chi connectivity index (χ2v) is 5.92. The van der Waals surface area contributed by atoms with E-state index in [2.05, 4.69) is 37.2 Å². The lowest BCUT2D eigenvalue weighted by atomic mass is 9.91. The van der Waals surface area contributed by atoms with Crippen molar-refractivity contribution in [1.82, 2.24) is 10.3 Å². The van der Waals surface area contributed by atoms with Crippen molar-refractivity contribution in [3.8, 4) is 0 Å². The Kier molecular flexibility index (Phi) is 5.51. The highest BCUT2D eigenvalue weighted by atomic mass is 79.9. The smallest absolute Gasteiger partial charge is 0.328 e. The SMILES string of the molecule is Brc1cncc(N2C[C@@H]3CNC[C@@H]32)c1.O=C(O)C=CC(=O)O. The van der Waals surface area contributed by atoms with Crippen LogP contribution in [0.1, 0.15) is 0 Å². The molecule has 0 amide bonds. The minimum atomic E-state index is -1.26. The fourth-order valence-corrected chi connectivity index (χ4v) is 2.87. The molecule has 0 saturated carbocycles. The molecular formula is C14H16BrN3O4. The topological polar surface area (TPSA) is 103 Å². The van der Waals surface area contributed by atoms with Gasteiger partial charge in [-0.15, -0.1) is 0 Å². The normalized spacial score (nSPS) is 22.5. The highest BCUT2D eigenvalue weighted by molar-refractivity contribution is 9.10. The van der Waals surface area contributed by atoms with Gasteiger partial charge in [0.1, 0.15) is 0 Å². The summed E-state index contributed by atoms with van der Waals surface area (Å²) in [7, 11) is 0. The van der Waals surface area contributed by atoms with E-state index in [1.54, 1.807) is 0 Å². The van der Waals surface area contributed by atoms with Crippen LogP contribution in [0, 0.1) is 5.92 Å². The van der Waals surface area contributed by atoms with E-state index < -0.39 is 11.9 Å². The van der Waals surface area contributed by atoms with Gasteiger partial charge in [0.15, 0.2) is 0 Å². The van der Waals surface area contributed by atoms with Crippen LogP contribution in [0.25, 0.3) is 0 Å². The molecule has 1 aromatic heterocycles. The second kappa shape index (κ2) is 7.37. The third-order valence-electron chi connectivity index (χ3n) is 3.53. The molecule has 2 saturated heterocycles. The van der Waals surface area contributed by atoms with Crippen molar-refractivity contribution in [2.45, 2.75) is 6.04 Å². The average molecular weight is 370 g/mol. The van der Waals surface area contributed by atoms with E-state index >= 15 is 0 Å². The van der Waals surface area contributed by atoms with Gasteiger partial charge in [0.25, 0.3) is 0 Å². The first-order valence-electron chi connectivity index (χ1n) is 6.69. The van der Waals surface area contributed by atoms with Gasteiger partial charge in [-0.2, -0.15) is 0 Å². The molecule has 2 fully saturated rings. The lowest BCUT2D eigenvalue weighted by Gasteiger charge is -2.45. The molecule has 1 aromatic rings. The molecule has 0 bridgehead atoms. The lowest BCUT2D eigenvalue weighted by Crippen LogP contribution is -2.55. The van der Waals surface area contributed by atoms with Crippen LogP contribution in [0.2, 0.25) is 0 Å². The summed E-state index contributed by atoms with van der Waals surface area (Å²) in [6, 6.07) is 2.84. The van der Waals surface area contributed by atoms with Crippen LogP contribution >= 0.6 is 15.9 Å². The molecule has 22 heavy (non-hydrogen) atoms. The summed E-state index contributed by atoms with van der Waals surface area (Å²) in [6.07, 6.45) is 4.89. The maximum absolute atomic E-state index is 9.55. The number of pyridine rings is 1. The Morgan fingerprint density at radius 2 is 1.95 bits per heavy atom. The number of aromatic nitrogens is 1. The number of carboxylic acids is 2. The van der Waals surface area contributed by atoms with Crippen LogP contribution < -0.4 is 10.2 Å². The summed E-state index contributed by atoms with van der Waals surface area (Å²) in [4.78, 5) is 25.7. The van der Waals surface area contributed by atoms with Crippen molar-refractivity contribution in [3.05, 3.63) is 35.1 Å². The van der Waals surface area contributed by atoms with Gasteiger partial charge in [0.05, 0.1) is 11.9 Å². The highest BCUT2D eigenvalue weighted by Gasteiger charge is 2.42. The molecule has 0 unspecified atom stereocenters. The average Bonchev–Trinajstić information content (AvgIpc) is 2.79. The molecule has 2 aliphatic heterocycles. The number of rotatable bonds is 3. The first-order valence-corrected chi connectivity index (χ1v) is 7.48. The number of nitrogens with one attached hydrogen (secondary N) is 1. The number of anilines is 1. The van der Waals surface area contributed by atoms with E-state index in [9.17, 15) is 9.59 Å². The van der Waals surface area contributed by atoms with E-state index in [-0.39, 0.29) is 0 Å². The van der Waals surface area contributed by atoms with Gasteiger partial charge in [-0.25, -0.2) is 9.59 Å². The van der Waals surface area contributed by atoms with Gasteiger partial charge in [0, 0.05) is 54.4 Å². The minimum absolute atomic E-state index is 0.558. The van der Waals surface area contributed by atoms with Crippen molar-refractivity contribution in [2.75, 3.05) is 24.5 Å². The van der Waals surface area contributed by atoms with Crippen molar-refractivity contribution in [3.63, 3.8) is 0 Å². The van der Waals surface area contributed by atoms with Crippen LogP contribution in [-0.2, 0) is 9.59 Å². The Morgan fingerprint density at radius 1 is 1.27 bits per heavy atom. The number of carboxylic acid groups (broad SMARTS) is 2. The molecule has 0 spiro atoms. The number of nitrogens with zero attached hydrogens (tertiary/aromatic N) is 2. The quantitative estimate of drug-likeness (QED) is 0.681. The lowest BCUT2D eigenvalue weighted by molar-refractivity contribution is -0.134. The molecular weight excluding hydrogens is 354 g/mol. The number of halogens is 1. The zero-order valence-electron chi connectivity index (χ0n) is 11.6.